The number of halogens is 1. The highest BCUT2D eigenvalue weighted by Gasteiger charge is 2.12. The van der Waals surface area contributed by atoms with Gasteiger partial charge < -0.3 is 14.8 Å². The molecule has 0 aliphatic carbocycles. The van der Waals surface area contributed by atoms with E-state index >= 15 is 0 Å². The van der Waals surface area contributed by atoms with E-state index < -0.39 is 0 Å². The smallest absolute Gasteiger partial charge is 0.231 e. The molecule has 0 amide bonds. The molecule has 76 valence electrons. The van der Waals surface area contributed by atoms with Crippen LogP contribution in [0, 0.1) is 0 Å². The first-order valence-electron chi connectivity index (χ1n) is 4.59. The summed E-state index contributed by atoms with van der Waals surface area (Å²) >= 11 is 5.58. The number of fused-ring (bicyclic) bond motifs is 1. The standard InChI is InChI=1S/C10H12ClNO2/c11-4-1-5-12-8-2-3-9-10(6-8)14-7-13-9/h2-3,6,12H,1,4-5,7H2. The SMILES string of the molecule is ClCCCNc1ccc2c(c1)OCO2. The van der Waals surface area contributed by atoms with Gasteiger partial charge in [0.15, 0.2) is 11.5 Å². The number of benzene rings is 1. The number of nitrogens with one attached hydrogen (secondary N) is 1. The highest BCUT2D eigenvalue weighted by molar-refractivity contribution is 6.17. The summed E-state index contributed by atoms with van der Waals surface area (Å²) in [5.74, 6) is 2.30. The lowest BCUT2D eigenvalue weighted by molar-refractivity contribution is 0.174. The average molecular weight is 214 g/mol. The fourth-order valence-corrected chi connectivity index (χ4v) is 1.44. The number of hydrogen-bond acceptors (Lipinski definition) is 3. The van der Waals surface area contributed by atoms with Crippen LogP contribution in [0.4, 0.5) is 5.69 Å². The van der Waals surface area contributed by atoms with Crippen LogP contribution in [0.25, 0.3) is 0 Å². The minimum absolute atomic E-state index is 0.320. The summed E-state index contributed by atoms with van der Waals surface area (Å²) in [6, 6.07) is 5.82. The molecule has 0 saturated carbocycles. The second-order valence-electron chi connectivity index (χ2n) is 3.04. The maximum Gasteiger partial charge on any atom is 0.231 e. The van der Waals surface area contributed by atoms with E-state index in [0.717, 1.165) is 30.2 Å². The summed E-state index contributed by atoms with van der Waals surface area (Å²) in [6.45, 7) is 1.20. The molecule has 1 aliphatic heterocycles. The predicted molar refractivity (Wildman–Crippen MR) is 56.4 cm³/mol. The topological polar surface area (TPSA) is 30.5 Å². The lowest BCUT2D eigenvalue weighted by Gasteiger charge is -2.05. The van der Waals surface area contributed by atoms with Crippen LogP contribution >= 0.6 is 11.6 Å². The van der Waals surface area contributed by atoms with Gasteiger partial charge in [0.05, 0.1) is 0 Å². The Labute approximate surface area is 88.0 Å². The van der Waals surface area contributed by atoms with Gasteiger partial charge in [0, 0.05) is 24.2 Å². The van der Waals surface area contributed by atoms with Gasteiger partial charge in [-0.2, -0.15) is 0 Å². The van der Waals surface area contributed by atoms with Crippen molar-refractivity contribution in [2.75, 3.05) is 24.5 Å². The van der Waals surface area contributed by atoms with Crippen LogP contribution in [-0.4, -0.2) is 19.2 Å². The second-order valence-corrected chi connectivity index (χ2v) is 3.42. The molecule has 0 aromatic heterocycles. The summed E-state index contributed by atoms with van der Waals surface area (Å²) in [5.41, 5.74) is 1.04. The van der Waals surface area contributed by atoms with E-state index in [1.165, 1.54) is 0 Å². The van der Waals surface area contributed by atoms with E-state index in [9.17, 15) is 0 Å². The molecule has 1 aromatic rings. The Bertz CT molecular complexity index is 317. The minimum atomic E-state index is 0.320. The zero-order chi connectivity index (χ0) is 9.80. The maximum absolute atomic E-state index is 5.58. The molecular weight excluding hydrogens is 202 g/mol. The molecule has 4 heteroatoms. The first-order valence-corrected chi connectivity index (χ1v) is 5.13. The largest absolute Gasteiger partial charge is 0.454 e. The molecule has 2 rings (SSSR count). The summed E-state index contributed by atoms with van der Waals surface area (Å²) in [7, 11) is 0. The monoisotopic (exact) mass is 213 g/mol. The number of anilines is 1. The zero-order valence-corrected chi connectivity index (χ0v) is 8.51. The Morgan fingerprint density at radius 3 is 3.00 bits per heavy atom. The normalized spacial score (nSPS) is 12.9. The molecule has 0 bridgehead atoms. The van der Waals surface area contributed by atoms with Crippen molar-refractivity contribution in [3.8, 4) is 11.5 Å². The molecule has 0 radical (unpaired) electrons. The Hall–Kier alpha value is -1.09. The van der Waals surface area contributed by atoms with Crippen molar-refractivity contribution < 1.29 is 9.47 Å². The van der Waals surface area contributed by atoms with Gasteiger partial charge in [-0.25, -0.2) is 0 Å². The summed E-state index contributed by atoms with van der Waals surface area (Å²) in [4.78, 5) is 0. The third-order valence-corrected chi connectivity index (χ3v) is 2.28. The molecule has 0 fully saturated rings. The van der Waals surface area contributed by atoms with Crippen LogP contribution in [0.3, 0.4) is 0 Å². The maximum atomic E-state index is 5.58. The fraction of sp³-hybridized carbons (Fsp3) is 0.400. The molecule has 0 saturated heterocycles. The van der Waals surface area contributed by atoms with E-state index in [-0.39, 0.29) is 0 Å². The fourth-order valence-electron chi connectivity index (χ4n) is 1.31. The van der Waals surface area contributed by atoms with Crippen molar-refractivity contribution in [2.45, 2.75) is 6.42 Å². The van der Waals surface area contributed by atoms with Crippen LogP contribution in [0.15, 0.2) is 18.2 Å². The van der Waals surface area contributed by atoms with Crippen molar-refractivity contribution in [1.29, 1.82) is 0 Å². The molecule has 14 heavy (non-hydrogen) atoms. The van der Waals surface area contributed by atoms with E-state index in [2.05, 4.69) is 5.32 Å². The van der Waals surface area contributed by atoms with E-state index in [0.29, 0.717) is 12.7 Å². The van der Waals surface area contributed by atoms with Gasteiger partial charge in [-0.3, -0.25) is 0 Å². The minimum Gasteiger partial charge on any atom is -0.454 e. The quantitative estimate of drug-likeness (QED) is 0.616. The highest BCUT2D eigenvalue weighted by Crippen LogP contribution is 2.34. The Balaban J connectivity index is 1.98. The Morgan fingerprint density at radius 1 is 1.29 bits per heavy atom. The molecule has 1 N–H and O–H groups in total. The Morgan fingerprint density at radius 2 is 2.14 bits per heavy atom. The highest BCUT2D eigenvalue weighted by atomic mass is 35.5. The molecule has 1 heterocycles. The van der Waals surface area contributed by atoms with Crippen LogP contribution in [-0.2, 0) is 0 Å². The third-order valence-electron chi connectivity index (χ3n) is 2.01. The number of alkyl halides is 1. The first kappa shape index (κ1) is 9.46. The first-order chi connectivity index (χ1) is 6.90. The Kier molecular flexibility index (Phi) is 2.99. The van der Waals surface area contributed by atoms with Gasteiger partial charge in [0.25, 0.3) is 0 Å². The number of ether oxygens (including phenoxy) is 2. The van der Waals surface area contributed by atoms with Crippen molar-refractivity contribution in [3.05, 3.63) is 18.2 Å². The van der Waals surface area contributed by atoms with Crippen LogP contribution in [0.1, 0.15) is 6.42 Å². The van der Waals surface area contributed by atoms with Crippen LogP contribution in [0.2, 0.25) is 0 Å². The van der Waals surface area contributed by atoms with Gasteiger partial charge in [-0.15, -0.1) is 11.6 Å². The predicted octanol–water partition coefficient (Wildman–Crippen LogP) is 2.46. The molecule has 1 aliphatic rings. The van der Waals surface area contributed by atoms with Crippen molar-refractivity contribution in [1.82, 2.24) is 0 Å². The number of hydrogen-bond donors (Lipinski definition) is 1. The lowest BCUT2D eigenvalue weighted by Crippen LogP contribution is -2.01. The summed E-state index contributed by atoms with van der Waals surface area (Å²) in [5, 5.41) is 3.26. The second kappa shape index (κ2) is 4.42. The molecule has 0 spiro atoms. The zero-order valence-electron chi connectivity index (χ0n) is 7.75. The van der Waals surface area contributed by atoms with Gasteiger partial charge in [-0.05, 0) is 18.6 Å². The van der Waals surface area contributed by atoms with Crippen molar-refractivity contribution >= 4 is 17.3 Å². The van der Waals surface area contributed by atoms with Gasteiger partial charge in [0.1, 0.15) is 0 Å². The molecular formula is C10H12ClNO2. The molecule has 0 unspecified atom stereocenters. The summed E-state index contributed by atoms with van der Waals surface area (Å²) in [6.07, 6.45) is 0.954. The van der Waals surface area contributed by atoms with Crippen molar-refractivity contribution in [2.24, 2.45) is 0 Å². The van der Waals surface area contributed by atoms with Gasteiger partial charge >= 0.3 is 0 Å². The molecule has 3 nitrogen and oxygen atoms in total. The van der Waals surface area contributed by atoms with E-state index in [1.54, 1.807) is 0 Å². The summed E-state index contributed by atoms with van der Waals surface area (Å²) < 4.78 is 10.5. The van der Waals surface area contributed by atoms with E-state index in [1.807, 2.05) is 18.2 Å². The molecule has 1 aromatic carbocycles. The van der Waals surface area contributed by atoms with Crippen molar-refractivity contribution in [3.63, 3.8) is 0 Å². The third kappa shape index (κ3) is 2.04. The van der Waals surface area contributed by atoms with E-state index in [4.69, 9.17) is 21.1 Å². The van der Waals surface area contributed by atoms with Gasteiger partial charge in [0.2, 0.25) is 6.79 Å². The average Bonchev–Trinajstić information content (AvgIpc) is 2.65. The van der Waals surface area contributed by atoms with Crippen LogP contribution < -0.4 is 14.8 Å². The number of rotatable bonds is 4. The van der Waals surface area contributed by atoms with Gasteiger partial charge in [-0.1, -0.05) is 0 Å². The van der Waals surface area contributed by atoms with Crippen LogP contribution in [0.5, 0.6) is 11.5 Å². The molecule has 0 atom stereocenters. The lowest BCUT2D eigenvalue weighted by atomic mass is 10.2.